The van der Waals surface area contributed by atoms with Crippen LogP contribution in [0.3, 0.4) is 0 Å². The van der Waals surface area contributed by atoms with E-state index < -0.39 is 0 Å². The number of nitrogen functional groups attached to an aromatic ring is 1. The molecule has 0 radical (unpaired) electrons. The predicted octanol–water partition coefficient (Wildman–Crippen LogP) is 3.94. The summed E-state index contributed by atoms with van der Waals surface area (Å²) in [7, 11) is 0. The van der Waals surface area contributed by atoms with Gasteiger partial charge in [-0.05, 0) is 23.8 Å². The third kappa shape index (κ3) is 2.65. The Morgan fingerprint density at radius 1 is 0.955 bits per heavy atom. The van der Waals surface area contributed by atoms with Crippen molar-refractivity contribution in [2.75, 3.05) is 5.73 Å². The molecule has 0 atom stereocenters. The number of rotatable bonds is 2. The predicted molar refractivity (Wildman–Crippen MR) is 88.0 cm³/mol. The quantitative estimate of drug-likeness (QED) is 0.779. The molecule has 1 heterocycles. The van der Waals surface area contributed by atoms with E-state index in [-0.39, 0.29) is 0 Å². The number of aromatic amines is 1. The van der Waals surface area contributed by atoms with Crippen LogP contribution in [-0.2, 0) is 0 Å². The molecule has 22 heavy (non-hydrogen) atoms. The minimum Gasteiger partial charge on any atom is -0.286 e. The van der Waals surface area contributed by atoms with Crippen molar-refractivity contribution in [3.63, 3.8) is 0 Å². The largest absolute Gasteiger partial charge is 0.289 e. The number of nitriles is 1. The van der Waals surface area contributed by atoms with Gasteiger partial charge >= 0.3 is 0 Å². The number of aromatic nitrogens is 1. The van der Waals surface area contributed by atoms with E-state index in [2.05, 4.69) is 11.1 Å². The molecular formula is C18H13ClN3+. The fourth-order valence-corrected chi connectivity index (χ4v) is 2.48. The van der Waals surface area contributed by atoms with E-state index in [1.807, 2.05) is 48.5 Å². The normalized spacial score (nSPS) is 10.2. The first kappa shape index (κ1) is 14.1. The van der Waals surface area contributed by atoms with Crippen molar-refractivity contribution in [3.8, 4) is 28.5 Å². The van der Waals surface area contributed by atoms with Gasteiger partial charge in [0, 0.05) is 16.1 Å². The molecule has 0 aliphatic rings. The molecule has 0 amide bonds. The molecule has 0 unspecified atom stereocenters. The summed E-state index contributed by atoms with van der Waals surface area (Å²) in [6.07, 6.45) is 0. The zero-order valence-corrected chi connectivity index (χ0v) is 12.4. The zero-order chi connectivity index (χ0) is 15.5. The Labute approximate surface area is 133 Å². The number of pyridine rings is 1. The van der Waals surface area contributed by atoms with Gasteiger partial charge in [0.2, 0.25) is 0 Å². The van der Waals surface area contributed by atoms with E-state index in [9.17, 15) is 5.26 Å². The van der Waals surface area contributed by atoms with E-state index in [1.54, 1.807) is 12.1 Å². The van der Waals surface area contributed by atoms with E-state index in [0.29, 0.717) is 16.4 Å². The van der Waals surface area contributed by atoms with Crippen LogP contribution < -0.4 is 10.7 Å². The van der Waals surface area contributed by atoms with Gasteiger partial charge in [-0.1, -0.05) is 54.1 Å². The molecule has 0 aliphatic heterocycles. The van der Waals surface area contributed by atoms with Crippen LogP contribution in [-0.4, -0.2) is 0 Å². The van der Waals surface area contributed by atoms with Gasteiger partial charge in [-0.3, -0.25) is 5.73 Å². The standard InChI is InChI=1S/C18H12ClN3/c19-14-8-6-12(7-9-14)15-10-17(13-4-2-1-3-5-13)22-18(21)16(15)11-20/h1-10H,(H2,21,22)/p+1. The molecule has 106 valence electrons. The number of hydrogen-bond acceptors (Lipinski definition) is 2. The third-order valence-corrected chi connectivity index (χ3v) is 3.70. The van der Waals surface area contributed by atoms with Crippen LogP contribution >= 0.6 is 11.6 Å². The lowest BCUT2D eigenvalue weighted by Gasteiger charge is -2.07. The van der Waals surface area contributed by atoms with Crippen molar-refractivity contribution in [2.24, 2.45) is 0 Å². The maximum Gasteiger partial charge on any atom is 0.289 e. The molecule has 0 saturated carbocycles. The second-order valence-electron chi connectivity index (χ2n) is 4.87. The minimum absolute atomic E-state index is 0.355. The van der Waals surface area contributed by atoms with Gasteiger partial charge in [0.05, 0.1) is 0 Å². The first-order valence-electron chi connectivity index (χ1n) is 6.76. The number of anilines is 1. The number of halogens is 1. The van der Waals surface area contributed by atoms with E-state index in [4.69, 9.17) is 17.3 Å². The smallest absolute Gasteiger partial charge is 0.286 e. The monoisotopic (exact) mass is 306 g/mol. The number of benzene rings is 2. The molecule has 4 heteroatoms. The summed E-state index contributed by atoms with van der Waals surface area (Å²) in [6, 6.07) is 21.3. The summed E-state index contributed by atoms with van der Waals surface area (Å²) >= 11 is 5.94. The molecule has 2 aromatic carbocycles. The molecule has 0 aliphatic carbocycles. The average molecular weight is 307 g/mol. The van der Waals surface area contributed by atoms with Crippen molar-refractivity contribution >= 4 is 17.4 Å². The van der Waals surface area contributed by atoms with E-state index in [1.165, 1.54) is 0 Å². The topological polar surface area (TPSA) is 64.0 Å². The van der Waals surface area contributed by atoms with Gasteiger partial charge in [-0.15, -0.1) is 0 Å². The molecule has 0 fully saturated rings. The fourth-order valence-electron chi connectivity index (χ4n) is 2.36. The Hall–Kier alpha value is -2.83. The molecule has 0 spiro atoms. The summed E-state index contributed by atoms with van der Waals surface area (Å²) in [6.45, 7) is 0. The molecule has 3 N–H and O–H groups in total. The summed E-state index contributed by atoms with van der Waals surface area (Å²) in [5.74, 6) is 0.355. The van der Waals surface area contributed by atoms with Crippen molar-refractivity contribution in [1.82, 2.24) is 0 Å². The second kappa shape index (κ2) is 5.88. The Bertz CT molecular complexity index is 850. The highest BCUT2D eigenvalue weighted by Gasteiger charge is 2.16. The number of H-pyrrole nitrogens is 1. The Kier molecular flexibility index (Phi) is 3.78. The zero-order valence-electron chi connectivity index (χ0n) is 11.7. The highest BCUT2D eigenvalue weighted by molar-refractivity contribution is 6.30. The lowest BCUT2D eigenvalue weighted by Crippen LogP contribution is -2.16. The molecule has 3 aromatic rings. The van der Waals surface area contributed by atoms with Crippen molar-refractivity contribution in [2.45, 2.75) is 0 Å². The fraction of sp³-hybridized carbons (Fsp3) is 0. The van der Waals surface area contributed by atoms with Gasteiger partial charge < -0.3 is 0 Å². The van der Waals surface area contributed by atoms with Crippen LogP contribution in [0.25, 0.3) is 22.4 Å². The maximum absolute atomic E-state index is 9.40. The summed E-state index contributed by atoms with van der Waals surface area (Å²) in [5, 5.41) is 10.1. The van der Waals surface area contributed by atoms with Crippen molar-refractivity contribution < 1.29 is 4.98 Å². The number of nitrogens with two attached hydrogens (primary N) is 1. The van der Waals surface area contributed by atoms with Crippen LogP contribution in [0.4, 0.5) is 5.82 Å². The van der Waals surface area contributed by atoms with E-state index >= 15 is 0 Å². The summed E-state index contributed by atoms with van der Waals surface area (Å²) < 4.78 is 0. The van der Waals surface area contributed by atoms with Gasteiger partial charge in [-0.25, -0.2) is 4.98 Å². The van der Waals surface area contributed by atoms with E-state index in [0.717, 1.165) is 22.4 Å². The first-order valence-corrected chi connectivity index (χ1v) is 7.14. The second-order valence-corrected chi connectivity index (χ2v) is 5.31. The molecule has 0 saturated heterocycles. The van der Waals surface area contributed by atoms with Crippen molar-refractivity contribution in [1.29, 1.82) is 5.26 Å². The van der Waals surface area contributed by atoms with Gasteiger partial charge in [0.15, 0.2) is 0 Å². The third-order valence-electron chi connectivity index (χ3n) is 3.45. The molecule has 1 aromatic heterocycles. The number of hydrogen-bond donors (Lipinski definition) is 1. The van der Waals surface area contributed by atoms with Gasteiger partial charge in [0.25, 0.3) is 5.82 Å². The summed E-state index contributed by atoms with van der Waals surface area (Å²) in [5.41, 5.74) is 10.0. The highest BCUT2D eigenvalue weighted by Crippen LogP contribution is 2.29. The van der Waals surface area contributed by atoms with Gasteiger partial charge in [-0.2, -0.15) is 5.26 Å². The summed E-state index contributed by atoms with van der Waals surface area (Å²) in [4.78, 5) is 3.09. The minimum atomic E-state index is 0.355. The molecule has 0 bridgehead atoms. The lowest BCUT2D eigenvalue weighted by atomic mass is 9.98. The van der Waals surface area contributed by atoms with Crippen molar-refractivity contribution in [3.05, 3.63) is 71.2 Å². The molecule has 3 rings (SSSR count). The first-order chi connectivity index (χ1) is 10.7. The van der Waals surface area contributed by atoms with Crippen LogP contribution in [0.1, 0.15) is 5.56 Å². The Balaban J connectivity index is 2.22. The average Bonchev–Trinajstić information content (AvgIpc) is 2.55. The number of nitrogens with one attached hydrogen (secondary N) is 1. The lowest BCUT2D eigenvalue weighted by molar-refractivity contribution is -0.346. The Morgan fingerprint density at radius 2 is 1.64 bits per heavy atom. The maximum atomic E-state index is 9.40. The SMILES string of the molecule is N#Cc1c(-c2ccc(Cl)cc2)cc(-c2ccccc2)[nH+]c1N. The van der Waals surface area contributed by atoms with Crippen LogP contribution in [0.2, 0.25) is 5.02 Å². The molecule has 3 nitrogen and oxygen atoms in total. The highest BCUT2D eigenvalue weighted by atomic mass is 35.5. The molecular weight excluding hydrogens is 294 g/mol. The Morgan fingerprint density at radius 3 is 2.27 bits per heavy atom. The van der Waals surface area contributed by atoms with Crippen LogP contribution in [0.15, 0.2) is 60.7 Å². The number of nitrogens with zero attached hydrogens (tertiary/aromatic N) is 1. The van der Waals surface area contributed by atoms with Gasteiger partial charge in [0.1, 0.15) is 17.3 Å². The van der Waals surface area contributed by atoms with Crippen LogP contribution in [0.5, 0.6) is 0 Å². The van der Waals surface area contributed by atoms with Crippen LogP contribution in [0, 0.1) is 11.3 Å².